The number of thiophene rings is 1. The summed E-state index contributed by atoms with van der Waals surface area (Å²) in [6, 6.07) is 7.16. The lowest BCUT2D eigenvalue weighted by Gasteiger charge is -1.99. The molecule has 0 aliphatic heterocycles. The van der Waals surface area contributed by atoms with E-state index in [0.717, 1.165) is 11.3 Å². The van der Waals surface area contributed by atoms with Gasteiger partial charge in [-0.25, -0.2) is 0 Å². The molecular weight excluding hydrogens is 379 g/mol. The van der Waals surface area contributed by atoms with Crippen molar-refractivity contribution in [1.29, 1.82) is 0 Å². The highest BCUT2D eigenvalue weighted by Gasteiger charge is 2.18. The van der Waals surface area contributed by atoms with Crippen LogP contribution in [0.5, 0.6) is 0 Å². The molecule has 0 fully saturated rings. The third-order valence-electron chi connectivity index (χ3n) is 2.80. The summed E-state index contributed by atoms with van der Waals surface area (Å²) in [6.07, 6.45) is 0. The van der Waals surface area contributed by atoms with Crippen LogP contribution >= 0.6 is 34.5 Å². The molecule has 0 radical (unpaired) electrons. The molecule has 122 valence electrons. The van der Waals surface area contributed by atoms with Gasteiger partial charge in [0.25, 0.3) is 11.8 Å². The Bertz CT molecular complexity index is 940. The molecule has 1 amide bonds. The Morgan fingerprint density at radius 3 is 2.71 bits per heavy atom. The molecule has 0 atom stereocenters. The molecule has 0 saturated carbocycles. The number of carbonyl (C=O) groups is 1. The summed E-state index contributed by atoms with van der Waals surface area (Å²) in [5.41, 5.74) is 0.459. The van der Waals surface area contributed by atoms with E-state index in [0.29, 0.717) is 15.6 Å². The second-order valence-electron chi connectivity index (χ2n) is 4.39. The second-order valence-corrected chi connectivity index (χ2v) is 6.29. The molecule has 0 aliphatic carbocycles. The van der Waals surface area contributed by atoms with Crippen molar-refractivity contribution in [3.8, 4) is 11.5 Å². The number of hydrogen-bond donors (Lipinski definition) is 1. The molecule has 8 nitrogen and oxygen atoms in total. The van der Waals surface area contributed by atoms with Gasteiger partial charge >= 0.3 is 11.0 Å². The van der Waals surface area contributed by atoms with Crippen LogP contribution in [-0.4, -0.2) is 21.0 Å². The lowest BCUT2D eigenvalue weighted by Crippen LogP contribution is -2.10. The van der Waals surface area contributed by atoms with Gasteiger partial charge in [0.1, 0.15) is 0 Å². The largest absolute Gasteiger partial charge is 0.403 e. The van der Waals surface area contributed by atoms with E-state index in [2.05, 4.69) is 15.5 Å². The van der Waals surface area contributed by atoms with Crippen molar-refractivity contribution in [2.24, 2.45) is 0 Å². The number of nitro groups is 1. The average molecular weight is 385 g/mol. The SMILES string of the molecule is O=C(Nc1nnc(-c2ccc(Cl)cc2Cl)o1)c1ccc([N+](=O)[O-])s1. The molecule has 0 unspecified atom stereocenters. The summed E-state index contributed by atoms with van der Waals surface area (Å²) in [7, 11) is 0. The zero-order valence-corrected chi connectivity index (χ0v) is 13.9. The van der Waals surface area contributed by atoms with E-state index in [1.165, 1.54) is 18.2 Å². The first-order chi connectivity index (χ1) is 11.4. The summed E-state index contributed by atoms with van der Waals surface area (Å²) in [6.45, 7) is 0. The van der Waals surface area contributed by atoms with Crippen molar-refractivity contribution in [3.05, 3.63) is 55.4 Å². The quantitative estimate of drug-likeness (QED) is 0.530. The van der Waals surface area contributed by atoms with E-state index in [-0.39, 0.29) is 21.8 Å². The number of halogens is 2. The summed E-state index contributed by atoms with van der Waals surface area (Å²) < 4.78 is 5.33. The molecule has 3 rings (SSSR count). The van der Waals surface area contributed by atoms with Gasteiger partial charge in [-0.1, -0.05) is 39.6 Å². The monoisotopic (exact) mass is 384 g/mol. The maximum absolute atomic E-state index is 12.0. The number of amides is 1. The van der Waals surface area contributed by atoms with E-state index in [4.69, 9.17) is 27.6 Å². The number of carbonyl (C=O) groups excluding carboxylic acids is 1. The third kappa shape index (κ3) is 3.37. The Hall–Kier alpha value is -2.49. The fourth-order valence-corrected chi connectivity index (χ4v) is 2.96. The van der Waals surface area contributed by atoms with E-state index in [9.17, 15) is 14.9 Å². The van der Waals surface area contributed by atoms with Gasteiger partial charge in [-0.15, -0.1) is 5.10 Å². The van der Waals surface area contributed by atoms with Crippen LogP contribution in [0.1, 0.15) is 9.67 Å². The molecule has 2 aromatic heterocycles. The first kappa shape index (κ1) is 16.4. The third-order valence-corrected chi connectivity index (χ3v) is 4.39. The molecule has 11 heteroatoms. The highest BCUT2D eigenvalue weighted by Crippen LogP contribution is 2.30. The van der Waals surface area contributed by atoms with Crippen LogP contribution in [0.25, 0.3) is 11.5 Å². The Kier molecular flexibility index (Phi) is 4.47. The summed E-state index contributed by atoms with van der Waals surface area (Å²) in [5, 5.41) is 21.1. The number of nitrogens with zero attached hydrogens (tertiary/aromatic N) is 3. The lowest BCUT2D eigenvalue weighted by atomic mass is 10.2. The molecule has 1 N–H and O–H groups in total. The van der Waals surface area contributed by atoms with Crippen LogP contribution in [-0.2, 0) is 0 Å². The van der Waals surface area contributed by atoms with Gasteiger partial charge in [-0.3, -0.25) is 20.2 Å². The Balaban J connectivity index is 1.78. The number of aromatic nitrogens is 2. The van der Waals surface area contributed by atoms with Crippen LogP contribution in [0, 0.1) is 10.1 Å². The number of benzene rings is 1. The molecule has 0 bridgehead atoms. The molecule has 3 aromatic rings. The molecule has 0 saturated heterocycles. The molecule has 0 aliphatic rings. The highest BCUT2D eigenvalue weighted by molar-refractivity contribution is 7.17. The minimum Gasteiger partial charge on any atom is -0.403 e. The highest BCUT2D eigenvalue weighted by atomic mass is 35.5. The number of nitrogens with one attached hydrogen (secondary N) is 1. The van der Waals surface area contributed by atoms with E-state index < -0.39 is 10.8 Å². The molecule has 1 aromatic carbocycles. The molecular formula is C13H6Cl2N4O4S. The first-order valence-electron chi connectivity index (χ1n) is 6.28. The van der Waals surface area contributed by atoms with Crippen molar-refractivity contribution in [1.82, 2.24) is 10.2 Å². The smallest absolute Gasteiger partial charge is 0.324 e. The van der Waals surface area contributed by atoms with Gasteiger partial charge < -0.3 is 4.42 Å². The summed E-state index contributed by atoms with van der Waals surface area (Å²) in [5.74, 6) is -0.491. The van der Waals surface area contributed by atoms with Gasteiger partial charge in [0, 0.05) is 11.1 Å². The Labute approximate surface area is 148 Å². The Morgan fingerprint density at radius 1 is 1.25 bits per heavy atom. The van der Waals surface area contributed by atoms with Crippen molar-refractivity contribution >= 4 is 51.5 Å². The zero-order chi connectivity index (χ0) is 17.3. The van der Waals surface area contributed by atoms with Crippen molar-refractivity contribution in [3.63, 3.8) is 0 Å². The number of rotatable bonds is 4. The van der Waals surface area contributed by atoms with E-state index in [1.54, 1.807) is 12.1 Å². The van der Waals surface area contributed by atoms with Crippen molar-refractivity contribution in [2.45, 2.75) is 0 Å². The minimum absolute atomic E-state index is 0.101. The van der Waals surface area contributed by atoms with Crippen LogP contribution in [0.3, 0.4) is 0 Å². The molecule has 2 heterocycles. The first-order valence-corrected chi connectivity index (χ1v) is 7.86. The predicted molar refractivity (Wildman–Crippen MR) is 88.7 cm³/mol. The summed E-state index contributed by atoms with van der Waals surface area (Å²) >= 11 is 12.6. The molecule has 0 spiro atoms. The topological polar surface area (TPSA) is 111 Å². The number of anilines is 1. The summed E-state index contributed by atoms with van der Waals surface area (Å²) in [4.78, 5) is 22.2. The van der Waals surface area contributed by atoms with Gasteiger partial charge in [0.2, 0.25) is 0 Å². The second kappa shape index (κ2) is 6.56. The minimum atomic E-state index is -0.592. The molecule has 24 heavy (non-hydrogen) atoms. The van der Waals surface area contributed by atoms with Gasteiger partial charge in [-0.2, -0.15) is 0 Å². The average Bonchev–Trinajstić information content (AvgIpc) is 3.16. The Morgan fingerprint density at radius 2 is 2.04 bits per heavy atom. The van der Waals surface area contributed by atoms with Crippen molar-refractivity contribution < 1.29 is 14.1 Å². The lowest BCUT2D eigenvalue weighted by molar-refractivity contribution is -0.380. The standard InChI is InChI=1S/C13H6Cl2N4O4S/c14-6-1-2-7(8(15)5-6)12-17-18-13(23-12)16-11(20)9-3-4-10(24-9)19(21)22/h1-5H,(H,16,18,20). The van der Waals surface area contributed by atoms with E-state index in [1.807, 2.05) is 0 Å². The van der Waals surface area contributed by atoms with Gasteiger partial charge in [-0.05, 0) is 24.3 Å². The van der Waals surface area contributed by atoms with Gasteiger partial charge in [0.15, 0.2) is 0 Å². The zero-order valence-electron chi connectivity index (χ0n) is 11.5. The van der Waals surface area contributed by atoms with Crippen LogP contribution in [0.15, 0.2) is 34.7 Å². The van der Waals surface area contributed by atoms with Crippen LogP contribution in [0.4, 0.5) is 11.0 Å². The van der Waals surface area contributed by atoms with Gasteiger partial charge in [0.05, 0.1) is 20.4 Å². The van der Waals surface area contributed by atoms with Crippen LogP contribution < -0.4 is 5.32 Å². The normalized spacial score (nSPS) is 10.6. The predicted octanol–water partition coefficient (Wildman–Crippen LogP) is 4.27. The van der Waals surface area contributed by atoms with Crippen molar-refractivity contribution in [2.75, 3.05) is 5.32 Å². The van der Waals surface area contributed by atoms with Crippen LogP contribution in [0.2, 0.25) is 10.0 Å². The fourth-order valence-electron chi connectivity index (χ4n) is 1.75. The van der Waals surface area contributed by atoms with E-state index >= 15 is 0 Å². The number of hydrogen-bond acceptors (Lipinski definition) is 7. The maximum atomic E-state index is 12.0. The fraction of sp³-hybridized carbons (Fsp3) is 0. The maximum Gasteiger partial charge on any atom is 0.324 e.